The molecule has 0 spiro atoms. The highest BCUT2D eigenvalue weighted by molar-refractivity contribution is 6.29. The van der Waals surface area contributed by atoms with Crippen molar-refractivity contribution >= 4 is 151 Å². The maximum Gasteiger partial charge on any atom is -0.00201 e. The number of benzene rings is 27. The summed E-state index contributed by atoms with van der Waals surface area (Å²) in [5.41, 5.74) is 25.1. The molecular formula is C134H86. The number of rotatable bonds is 10. The fourth-order valence-electron chi connectivity index (χ4n) is 22.0. The van der Waals surface area contributed by atoms with Gasteiger partial charge in [-0.3, -0.25) is 0 Å². The smallest absolute Gasteiger partial charge is 0.00201 e. The molecule has 0 saturated heterocycles. The van der Waals surface area contributed by atoms with E-state index in [4.69, 9.17) is 0 Å². The van der Waals surface area contributed by atoms with Gasteiger partial charge in [-0.25, -0.2) is 0 Å². The normalized spacial score (nSPS) is 11.6. The second-order valence-corrected chi connectivity index (χ2v) is 35.3. The minimum Gasteiger partial charge on any atom is -0.0622 e. The first kappa shape index (κ1) is 78.8. The predicted molar refractivity (Wildman–Crippen MR) is 579 cm³/mol. The third-order valence-electron chi connectivity index (χ3n) is 27.9. The molecule has 134 heavy (non-hydrogen) atoms. The van der Waals surface area contributed by atoms with E-state index in [1.807, 2.05) is 0 Å². The quantitative estimate of drug-likeness (QED) is 0.0946. The Morgan fingerprint density at radius 2 is 0.336 bits per heavy atom. The summed E-state index contributed by atoms with van der Waals surface area (Å²) < 4.78 is 0. The number of fused-ring (bicyclic) bond motifs is 19. The van der Waals surface area contributed by atoms with Crippen LogP contribution in [0.25, 0.3) is 262 Å². The van der Waals surface area contributed by atoms with Crippen molar-refractivity contribution < 1.29 is 0 Å². The monoisotopic (exact) mass is 1690 g/mol. The zero-order chi connectivity index (χ0) is 88.5. The summed E-state index contributed by atoms with van der Waals surface area (Å²) in [4.78, 5) is 0. The van der Waals surface area contributed by atoms with Crippen LogP contribution in [0.4, 0.5) is 0 Å². The van der Waals surface area contributed by atoms with Crippen LogP contribution in [-0.2, 0) is 0 Å². The lowest BCUT2D eigenvalue weighted by molar-refractivity contribution is 1.63. The Morgan fingerprint density at radius 3 is 0.806 bits per heavy atom. The molecule has 0 aliphatic heterocycles. The van der Waals surface area contributed by atoms with E-state index < -0.39 is 0 Å². The molecule has 27 rings (SSSR count). The van der Waals surface area contributed by atoms with Gasteiger partial charge in [-0.05, 0) is 286 Å². The molecule has 0 bridgehead atoms. The highest BCUT2D eigenvalue weighted by Gasteiger charge is 2.24. The first-order chi connectivity index (χ1) is 66.5. The third kappa shape index (κ3) is 13.6. The maximum absolute atomic E-state index is 2.39. The summed E-state index contributed by atoms with van der Waals surface area (Å²) in [7, 11) is 0. The van der Waals surface area contributed by atoms with Crippen LogP contribution in [0.3, 0.4) is 0 Å². The standard InChI is InChI=1S/C46H30.2C44H28/c1-2-13-31(14-3-1)37-29-30-44(39-19-7-6-18-38(37)39)46-42-22-10-8-20-40(42)45(41-21-9-11-23-43(41)46)34-27-25-33(26-28-34)36-24-12-16-32-15-4-5-17-35(32)36;1-2-14-30(15-3-1)42-37-21-8-10-23-39(37)44(40-24-11-9-22-38(40)42)32-17-12-16-31(27-32)41-28-33-26-25-29-13-4-5-18-34(29)43(33)36-20-7-6-19-35(36)41;1-2-13-29(14-3-1)43-38-21-8-10-23-40(38)44(41-24-11-9-22-39(41)43)32-16-12-15-30(27-32)31-25-26-37-35-19-5-4-17-33(35)34-18-6-7-20-36(34)42(37)28-31/h1-30H;2*1-28H. The van der Waals surface area contributed by atoms with E-state index >= 15 is 0 Å². The van der Waals surface area contributed by atoms with E-state index in [1.165, 1.54) is 262 Å². The summed E-state index contributed by atoms with van der Waals surface area (Å²) in [5.74, 6) is 0. The average molecular weight is 1700 g/mol. The molecule has 0 fully saturated rings. The van der Waals surface area contributed by atoms with Gasteiger partial charge in [-0.15, -0.1) is 0 Å². The lowest BCUT2D eigenvalue weighted by Crippen LogP contribution is -1.92. The van der Waals surface area contributed by atoms with Gasteiger partial charge in [0, 0.05) is 0 Å². The zero-order valence-electron chi connectivity index (χ0n) is 73.7. The highest BCUT2D eigenvalue weighted by Crippen LogP contribution is 2.52. The molecule has 0 aliphatic rings. The van der Waals surface area contributed by atoms with Gasteiger partial charge in [0.1, 0.15) is 0 Å². The predicted octanol–water partition coefficient (Wildman–Crippen LogP) is 37.9. The van der Waals surface area contributed by atoms with Gasteiger partial charge in [-0.1, -0.05) is 497 Å². The minimum atomic E-state index is 1.22. The SMILES string of the molecule is c1ccc(-c2c3ccccc3c(-c3cccc(-c4cc5ccc6ccccc6c5c5ccccc45)c3)c3ccccc23)cc1.c1ccc(-c2c3ccccc3c(-c3cccc(-c4ccc5c6ccccc6c6ccccc6c5c4)c3)c3ccccc23)cc1.c1ccc(-c2ccc(-c3c4ccccc4c(-c4ccc(-c5cccc6ccccc56)cc4)c4ccccc34)c3ccccc23)cc1. The lowest BCUT2D eigenvalue weighted by atomic mass is 9.83. The summed E-state index contributed by atoms with van der Waals surface area (Å²) in [6.07, 6.45) is 0. The van der Waals surface area contributed by atoms with Crippen LogP contribution in [0.2, 0.25) is 0 Å². The first-order valence-corrected chi connectivity index (χ1v) is 46.5. The van der Waals surface area contributed by atoms with Gasteiger partial charge in [0.2, 0.25) is 0 Å². The molecule has 0 unspecified atom stereocenters. The Morgan fingerprint density at radius 1 is 0.0821 bits per heavy atom. The van der Waals surface area contributed by atoms with Gasteiger partial charge in [-0.2, -0.15) is 0 Å². The molecule has 0 heteroatoms. The van der Waals surface area contributed by atoms with Crippen LogP contribution >= 0.6 is 0 Å². The van der Waals surface area contributed by atoms with E-state index in [2.05, 4.69) is 522 Å². The second-order valence-electron chi connectivity index (χ2n) is 35.3. The van der Waals surface area contributed by atoms with E-state index in [0.29, 0.717) is 0 Å². The Balaban J connectivity index is 0.000000108. The van der Waals surface area contributed by atoms with E-state index in [0.717, 1.165) is 0 Å². The molecule has 0 amide bonds. The molecule has 0 nitrogen and oxygen atoms in total. The highest BCUT2D eigenvalue weighted by atomic mass is 14.3. The van der Waals surface area contributed by atoms with E-state index in [-0.39, 0.29) is 0 Å². The summed E-state index contributed by atoms with van der Waals surface area (Å²) in [5, 5.41) is 35.9. The van der Waals surface area contributed by atoms with Crippen molar-refractivity contribution in [1.82, 2.24) is 0 Å². The molecule has 27 aromatic rings. The number of hydrogen-bond acceptors (Lipinski definition) is 0. The molecule has 0 aliphatic carbocycles. The van der Waals surface area contributed by atoms with E-state index in [9.17, 15) is 0 Å². The van der Waals surface area contributed by atoms with Crippen LogP contribution < -0.4 is 0 Å². The van der Waals surface area contributed by atoms with E-state index in [1.54, 1.807) is 0 Å². The van der Waals surface area contributed by atoms with Crippen LogP contribution in [0, 0.1) is 0 Å². The van der Waals surface area contributed by atoms with Crippen LogP contribution in [0.5, 0.6) is 0 Å². The Bertz CT molecular complexity index is 9130. The average Bonchev–Trinajstić information content (AvgIpc) is 0.734. The van der Waals surface area contributed by atoms with Crippen molar-refractivity contribution in [3.8, 4) is 111 Å². The maximum atomic E-state index is 2.39. The van der Waals surface area contributed by atoms with Gasteiger partial charge in [0.05, 0.1) is 0 Å². The molecule has 0 aromatic heterocycles. The Kier molecular flexibility index (Phi) is 19.7. The summed E-state index contributed by atoms with van der Waals surface area (Å²) >= 11 is 0. The third-order valence-corrected chi connectivity index (χ3v) is 27.9. The molecular weight excluding hydrogens is 1610 g/mol. The van der Waals surface area contributed by atoms with Crippen molar-refractivity contribution in [1.29, 1.82) is 0 Å². The Hall–Kier alpha value is -17.4. The van der Waals surface area contributed by atoms with Gasteiger partial charge >= 0.3 is 0 Å². The van der Waals surface area contributed by atoms with Crippen molar-refractivity contribution in [3.05, 3.63) is 522 Å². The first-order valence-electron chi connectivity index (χ1n) is 46.5. The second kappa shape index (κ2) is 33.6. The van der Waals surface area contributed by atoms with Crippen LogP contribution in [-0.4, -0.2) is 0 Å². The molecule has 0 atom stereocenters. The lowest BCUT2D eigenvalue weighted by Gasteiger charge is -2.20. The summed E-state index contributed by atoms with van der Waals surface area (Å²) in [6, 6.07) is 191. The topological polar surface area (TPSA) is 0 Å². The van der Waals surface area contributed by atoms with Crippen LogP contribution in [0.15, 0.2) is 522 Å². The molecule has 27 aromatic carbocycles. The van der Waals surface area contributed by atoms with Crippen molar-refractivity contribution in [2.45, 2.75) is 0 Å². The van der Waals surface area contributed by atoms with Gasteiger partial charge in [0.15, 0.2) is 0 Å². The van der Waals surface area contributed by atoms with Crippen molar-refractivity contribution in [2.24, 2.45) is 0 Å². The van der Waals surface area contributed by atoms with Crippen molar-refractivity contribution in [2.75, 3.05) is 0 Å². The molecule has 0 radical (unpaired) electrons. The molecule has 0 saturated carbocycles. The number of hydrogen-bond donors (Lipinski definition) is 0. The minimum absolute atomic E-state index is 1.22. The Labute approximate surface area is 778 Å². The molecule has 622 valence electrons. The van der Waals surface area contributed by atoms with Gasteiger partial charge in [0.25, 0.3) is 0 Å². The largest absolute Gasteiger partial charge is 0.0622 e. The fourth-order valence-corrected chi connectivity index (χ4v) is 22.0. The summed E-state index contributed by atoms with van der Waals surface area (Å²) in [6.45, 7) is 0. The molecule has 0 heterocycles. The zero-order valence-corrected chi connectivity index (χ0v) is 73.7. The van der Waals surface area contributed by atoms with Crippen LogP contribution in [0.1, 0.15) is 0 Å². The fraction of sp³-hybridized carbons (Fsp3) is 0. The molecule has 0 N–H and O–H groups in total. The van der Waals surface area contributed by atoms with Crippen molar-refractivity contribution in [3.63, 3.8) is 0 Å². The van der Waals surface area contributed by atoms with Gasteiger partial charge < -0.3 is 0 Å².